The summed E-state index contributed by atoms with van der Waals surface area (Å²) in [5.74, 6) is 0.114. The Morgan fingerprint density at radius 2 is 1.90 bits per heavy atom. The molecule has 6 heteroatoms. The van der Waals surface area contributed by atoms with Gasteiger partial charge in [-0.3, -0.25) is 14.5 Å². The summed E-state index contributed by atoms with van der Waals surface area (Å²) in [5, 5.41) is 5.42. The van der Waals surface area contributed by atoms with Gasteiger partial charge in [-0.25, -0.2) is 4.98 Å². The Hall–Kier alpha value is -1.43. The highest BCUT2D eigenvalue weighted by Gasteiger charge is 2.19. The first-order chi connectivity index (χ1) is 9.90. The SMILES string of the molecule is CCC(C)C(=O)NCc1csc(N(C)C(=O)C(C)CC)n1. The first-order valence-corrected chi connectivity index (χ1v) is 8.28. The van der Waals surface area contributed by atoms with Gasteiger partial charge in [0, 0.05) is 24.3 Å². The van der Waals surface area contributed by atoms with Crippen molar-refractivity contribution < 1.29 is 9.59 Å². The molecule has 2 unspecified atom stereocenters. The monoisotopic (exact) mass is 311 g/mol. The van der Waals surface area contributed by atoms with Crippen molar-refractivity contribution in [2.45, 2.75) is 47.1 Å². The summed E-state index contributed by atoms with van der Waals surface area (Å²) in [7, 11) is 1.74. The summed E-state index contributed by atoms with van der Waals surface area (Å²) in [5.41, 5.74) is 0.787. The molecular weight excluding hydrogens is 286 g/mol. The molecule has 1 heterocycles. The van der Waals surface area contributed by atoms with Crippen LogP contribution in [0.15, 0.2) is 5.38 Å². The van der Waals surface area contributed by atoms with Crippen LogP contribution >= 0.6 is 11.3 Å². The molecule has 0 spiro atoms. The number of carbonyl (C=O) groups excluding carboxylic acids is 2. The molecule has 0 aliphatic rings. The molecule has 0 aliphatic carbocycles. The molecule has 2 amide bonds. The first-order valence-electron chi connectivity index (χ1n) is 7.40. The molecule has 1 aromatic rings. The zero-order valence-electron chi connectivity index (χ0n) is 13.5. The van der Waals surface area contributed by atoms with Crippen LogP contribution < -0.4 is 10.2 Å². The number of nitrogens with one attached hydrogen (secondary N) is 1. The maximum atomic E-state index is 12.1. The zero-order chi connectivity index (χ0) is 16.0. The maximum absolute atomic E-state index is 12.1. The average molecular weight is 311 g/mol. The van der Waals surface area contributed by atoms with Crippen LogP contribution in [0.4, 0.5) is 5.13 Å². The van der Waals surface area contributed by atoms with E-state index in [9.17, 15) is 9.59 Å². The topological polar surface area (TPSA) is 62.3 Å². The van der Waals surface area contributed by atoms with E-state index in [0.717, 1.165) is 18.5 Å². The lowest BCUT2D eigenvalue weighted by atomic mass is 10.1. The maximum Gasteiger partial charge on any atom is 0.231 e. The fourth-order valence-corrected chi connectivity index (χ4v) is 2.46. The van der Waals surface area contributed by atoms with Crippen molar-refractivity contribution >= 4 is 28.3 Å². The van der Waals surface area contributed by atoms with E-state index in [-0.39, 0.29) is 23.7 Å². The minimum atomic E-state index is -0.00698. The minimum absolute atomic E-state index is 0.00698. The van der Waals surface area contributed by atoms with Gasteiger partial charge >= 0.3 is 0 Å². The summed E-state index contributed by atoms with van der Waals surface area (Å²) in [6, 6.07) is 0. The van der Waals surface area contributed by atoms with Crippen LogP contribution in [0.1, 0.15) is 46.2 Å². The molecular formula is C15H25N3O2S. The van der Waals surface area contributed by atoms with E-state index in [2.05, 4.69) is 10.3 Å². The van der Waals surface area contributed by atoms with E-state index in [4.69, 9.17) is 0 Å². The number of amides is 2. The Kier molecular flexibility index (Phi) is 6.81. The minimum Gasteiger partial charge on any atom is -0.350 e. The Labute approximate surface area is 130 Å². The molecule has 0 radical (unpaired) electrons. The van der Waals surface area contributed by atoms with Crippen LogP contribution in [0, 0.1) is 11.8 Å². The lowest BCUT2D eigenvalue weighted by Gasteiger charge is -2.17. The van der Waals surface area contributed by atoms with Crippen LogP contribution in [-0.2, 0) is 16.1 Å². The van der Waals surface area contributed by atoms with Gasteiger partial charge in [-0.05, 0) is 12.8 Å². The molecule has 1 rings (SSSR count). The number of thiazole rings is 1. The van der Waals surface area contributed by atoms with Gasteiger partial charge in [0.2, 0.25) is 11.8 Å². The molecule has 118 valence electrons. The second-order valence-electron chi connectivity index (χ2n) is 5.36. The standard InChI is InChI=1S/C15H25N3O2S/c1-6-10(3)13(19)16-8-12-9-21-15(17-12)18(5)14(20)11(4)7-2/h9-11H,6-8H2,1-5H3,(H,16,19). The van der Waals surface area contributed by atoms with Gasteiger partial charge in [-0.2, -0.15) is 0 Å². The summed E-state index contributed by atoms with van der Waals surface area (Å²) in [6.45, 7) is 8.21. The summed E-state index contributed by atoms with van der Waals surface area (Å²) in [6.07, 6.45) is 1.63. The molecule has 5 nitrogen and oxygen atoms in total. The summed E-state index contributed by atoms with van der Waals surface area (Å²) >= 11 is 1.42. The number of hydrogen-bond donors (Lipinski definition) is 1. The highest BCUT2D eigenvalue weighted by molar-refractivity contribution is 7.14. The first kappa shape index (κ1) is 17.6. The van der Waals surface area contributed by atoms with E-state index in [1.54, 1.807) is 11.9 Å². The molecule has 1 N–H and O–H groups in total. The molecule has 0 aliphatic heterocycles. The predicted octanol–water partition coefficient (Wildman–Crippen LogP) is 2.81. The molecule has 0 bridgehead atoms. The fraction of sp³-hybridized carbons (Fsp3) is 0.667. The van der Waals surface area contributed by atoms with Crippen molar-refractivity contribution in [2.24, 2.45) is 11.8 Å². The van der Waals surface area contributed by atoms with Gasteiger partial charge in [0.25, 0.3) is 0 Å². The van der Waals surface area contributed by atoms with Crippen molar-refractivity contribution in [3.63, 3.8) is 0 Å². The predicted molar refractivity (Wildman–Crippen MR) is 86.3 cm³/mol. The smallest absolute Gasteiger partial charge is 0.231 e. The Morgan fingerprint density at radius 1 is 1.29 bits per heavy atom. The van der Waals surface area contributed by atoms with Crippen LogP contribution in [0.3, 0.4) is 0 Å². The third-order valence-corrected chi connectivity index (χ3v) is 4.66. The third-order valence-electron chi connectivity index (χ3n) is 3.69. The van der Waals surface area contributed by atoms with E-state index in [1.807, 2.05) is 33.1 Å². The number of nitrogens with zero attached hydrogens (tertiary/aromatic N) is 2. The van der Waals surface area contributed by atoms with Gasteiger partial charge in [0.1, 0.15) is 0 Å². The van der Waals surface area contributed by atoms with E-state index < -0.39 is 0 Å². The average Bonchev–Trinajstić information content (AvgIpc) is 2.98. The van der Waals surface area contributed by atoms with Crippen LogP contribution in [-0.4, -0.2) is 23.8 Å². The van der Waals surface area contributed by atoms with Gasteiger partial charge in [-0.15, -0.1) is 11.3 Å². The van der Waals surface area contributed by atoms with Crippen LogP contribution in [0.2, 0.25) is 0 Å². The van der Waals surface area contributed by atoms with Gasteiger partial charge < -0.3 is 5.32 Å². The second kappa shape index (κ2) is 8.12. The van der Waals surface area contributed by atoms with Crippen molar-refractivity contribution in [1.29, 1.82) is 0 Å². The largest absolute Gasteiger partial charge is 0.350 e. The fourth-order valence-electron chi connectivity index (χ4n) is 1.67. The highest BCUT2D eigenvalue weighted by Crippen LogP contribution is 2.21. The van der Waals surface area contributed by atoms with Crippen LogP contribution in [0.5, 0.6) is 0 Å². The van der Waals surface area contributed by atoms with Gasteiger partial charge in [0.15, 0.2) is 5.13 Å². The number of hydrogen-bond acceptors (Lipinski definition) is 4. The zero-order valence-corrected chi connectivity index (χ0v) is 14.3. The van der Waals surface area contributed by atoms with E-state index in [1.165, 1.54) is 11.3 Å². The molecule has 0 aromatic carbocycles. The third kappa shape index (κ3) is 4.81. The summed E-state index contributed by atoms with van der Waals surface area (Å²) < 4.78 is 0. The number of aromatic nitrogens is 1. The number of carbonyl (C=O) groups is 2. The Balaban J connectivity index is 2.61. The van der Waals surface area contributed by atoms with Crippen molar-refractivity contribution in [1.82, 2.24) is 10.3 Å². The molecule has 2 atom stereocenters. The second-order valence-corrected chi connectivity index (χ2v) is 6.19. The van der Waals surface area contributed by atoms with E-state index >= 15 is 0 Å². The lowest BCUT2D eigenvalue weighted by Crippen LogP contribution is -2.31. The van der Waals surface area contributed by atoms with Crippen LogP contribution in [0.25, 0.3) is 0 Å². The van der Waals surface area contributed by atoms with E-state index in [0.29, 0.717) is 11.7 Å². The molecule has 0 saturated heterocycles. The normalized spacial score (nSPS) is 13.6. The van der Waals surface area contributed by atoms with Gasteiger partial charge in [-0.1, -0.05) is 27.7 Å². The Bertz CT molecular complexity index is 487. The molecule has 0 fully saturated rings. The summed E-state index contributed by atoms with van der Waals surface area (Å²) in [4.78, 5) is 29.8. The van der Waals surface area contributed by atoms with Crippen molar-refractivity contribution in [2.75, 3.05) is 11.9 Å². The molecule has 21 heavy (non-hydrogen) atoms. The quantitative estimate of drug-likeness (QED) is 0.842. The molecule has 0 saturated carbocycles. The van der Waals surface area contributed by atoms with Crippen molar-refractivity contribution in [3.8, 4) is 0 Å². The lowest BCUT2D eigenvalue weighted by molar-refractivity contribution is -0.124. The van der Waals surface area contributed by atoms with Gasteiger partial charge in [0.05, 0.1) is 12.2 Å². The molecule has 1 aromatic heterocycles. The number of rotatable bonds is 7. The number of anilines is 1. The van der Waals surface area contributed by atoms with Crippen molar-refractivity contribution in [3.05, 3.63) is 11.1 Å². The highest BCUT2D eigenvalue weighted by atomic mass is 32.1. The Morgan fingerprint density at radius 3 is 2.48 bits per heavy atom.